The monoisotopic (exact) mass is 374 g/mol. The van der Waals surface area contributed by atoms with Gasteiger partial charge >= 0.3 is 0 Å². The number of rotatable bonds is 6. The van der Waals surface area contributed by atoms with E-state index >= 15 is 0 Å². The Balaban J connectivity index is 1.47. The highest BCUT2D eigenvalue weighted by Crippen LogP contribution is 2.32. The molecule has 8 nitrogen and oxygen atoms in total. The van der Waals surface area contributed by atoms with Gasteiger partial charge in [0.1, 0.15) is 6.61 Å². The molecule has 1 aromatic carbocycles. The molecule has 0 aliphatic carbocycles. The van der Waals surface area contributed by atoms with Gasteiger partial charge in [-0.2, -0.15) is 0 Å². The molecule has 146 valence electrons. The van der Waals surface area contributed by atoms with Crippen LogP contribution in [0.4, 0.5) is 5.95 Å². The quantitative estimate of drug-likeness (QED) is 0.747. The number of aromatic nitrogens is 2. The lowest BCUT2D eigenvalue weighted by Crippen LogP contribution is -2.38. The minimum absolute atomic E-state index is 0.606. The number of morpholine rings is 2. The number of methoxy groups -OCH3 is 1. The van der Waals surface area contributed by atoms with Crippen molar-refractivity contribution in [2.75, 3.05) is 77.8 Å². The van der Waals surface area contributed by atoms with Gasteiger partial charge in [0, 0.05) is 50.4 Å². The fraction of sp³-hybridized carbons (Fsp3) is 0.579. The molecule has 0 amide bonds. The van der Waals surface area contributed by atoms with Crippen LogP contribution in [0.5, 0.6) is 11.5 Å². The Labute approximate surface area is 159 Å². The summed E-state index contributed by atoms with van der Waals surface area (Å²) in [6, 6.07) is 3.88. The number of hydrogen-bond donors (Lipinski definition) is 0. The van der Waals surface area contributed by atoms with Crippen molar-refractivity contribution in [3.05, 3.63) is 18.3 Å². The molecule has 8 heteroatoms. The standard InChI is InChI=1S/C19H26N4O4/c1-24-17-13-16-15(14-20-19(21-16)23-5-9-26-10-6-23)12-18(17)27-11-4-22-2-7-25-8-3-22/h12-14H,2-11H2,1H3. The van der Waals surface area contributed by atoms with Crippen molar-refractivity contribution in [1.82, 2.24) is 14.9 Å². The molecule has 27 heavy (non-hydrogen) atoms. The molecular weight excluding hydrogens is 348 g/mol. The van der Waals surface area contributed by atoms with E-state index in [9.17, 15) is 0 Å². The van der Waals surface area contributed by atoms with Crippen LogP contribution in [0.25, 0.3) is 10.9 Å². The largest absolute Gasteiger partial charge is 0.493 e. The Morgan fingerprint density at radius 1 is 1.00 bits per heavy atom. The highest BCUT2D eigenvalue weighted by molar-refractivity contribution is 5.82. The van der Waals surface area contributed by atoms with Crippen molar-refractivity contribution in [3.8, 4) is 11.5 Å². The van der Waals surface area contributed by atoms with Gasteiger partial charge in [0.2, 0.25) is 5.95 Å². The number of fused-ring (bicyclic) bond motifs is 1. The highest BCUT2D eigenvalue weighted by atomic mass is 16.5. The maximum Gasteiger partial charge on any atom is 0.226 e. The van der Waals surface area contributed by atoms with E-state index in [1.165, 1.54) is 0 Å². The second-order valence-electron chi connectivity index (χ2n) is 6.63. The molecule has 3 heterocycles. The maximum atomic E-state index is 6.00. The molecule has 2 saturated heterocycles. The van der Waals surface area contributed by atoms with Crippen molar-refractivity contribution < 1.29 is 18.9 Å². The average Bonchev–Trinajstić information content (AvgIpc) is 2.74. The fourth-order valence-corrected chi connectivity index (χ4v) is 3.33. The van der Waals surface area contributed by atoms with Crippen LogP contribution >= 0.6 is 0 Å². The summed E-state index contributed by atoms with van der Waals surface area (Å²) >= 11 is 0. The van der Waals surface area contributed by atoms with E-state index in [-0.39, 0.29) is 0 Å². The van der Waals surface area contributed by atoms with E-state index in [1.54, 1.807) is 7.11 Å². The molecule has 0 radical (unpaired) electrons. The molecule has 2 aliphatic heterocycles. The van der Waals surface area contributed by atoms with E-state index < -0.39 is 0 Å². The van der Waals surface area contributed by atoms with Gasteiger partial charge in [-0.15, -0.1) is 0 Å². The first kappa shape index (κ1) is 18.2. The van der Waals surface area contributed by atoms with Crippen molar-refractivity contribution in [2.24, 2.45) is 0 Å². The van der Waals surface area contributed by atoms with Crippen LogP contribution in [0.2, 0.25) is 0 Å². The number of anilines is 1. The number of nitrogens with zero attached hydrogens (tertiary/aromatic N) is 4. The summed E-state index contributed by atoms with van der Waals surface area (Å²) in [7, 11) is 1.65. The summed E-state index contributed by atoms with van der Waals surface area (Å²) in [6.45, 7) is 8.01. The predicted octanol–water partition coefficient (Wildman–Crippen LogP) is 1.19. The Hall–Kier alpha value is -2.16. The van der Waals surface area contributed by atoms with E-state index in [0.717, 1.165) is 68.5 Å². The van der Waals surface area contributed by atoms with Gasteiger partial charge in [-0.25, -0.2) is 9.97 Å². The van der Waals surface area contributed by atoms with E-state index in [2.05, 4.69) is 14.8 Å². The third kappa shape index (κ3) is 4.40. The van der Waals surface area contributed by atoms with E-state index in [4.69, 9.17) is 23.9 Å². The molecule has 0 unspecified atom stereocenters. The molecule has 2 aromatic rings. The van der Waals surface area contributed by atoms with Crippen LogP contribution in [0.15, 0.2) is 18.3 Å². The zero-order valence-corrected chi connectivity index (χ0v) is 15.7. The van der Waals surface area contributed by atoms with Crippen LogP contribution < -0.4 is 14.4 Å². The minimum atomic E-state index is 0.606. The predicted molar refractivity (Wildman–Crippen MR) is 102 cm³/mol. The lowest BCUT2D eigenvalue weighted by atomic mass is 10.2. The Morgan fingerprint density at radius 2 is 1.74 bits per heavy atom. The van der Waals surface area contributed by atoms with E-state index in [1.807, 2.05) is 18.3 Å². The molecule has 0 atom stereocenters. The fourth-order valence-electron chi connectivity index (χ4n) is 3.33. The molecule has 0 bridgehead atoms. The summed E-state index contributed by atoms with van der Waals surface area (Å²) in [4.78, 5) is 13.7. The highest BCUT2D eigenvalue weighted by Gasteiger charge is 2.16. The van der Waals surface area contributed by atoms with Gasteiger partial charge in [0.05, 0.1) is 39.1 Å². The molecule has 0 N–H and O–H groups in total. The lowest BCUT2D eigenvalue weighted by molar-refractivity contribution is 0.0321. The SMILES string of the molecule is COc1cc2nc(N3CCOCC3)ncc2cc1OCCN1CCOCC1. The van der Waals surface area contributed by atoms with Crippen molar-refractivity contribution in [1.29, 1.82) is 0 Å². The zero-order valence-electron chi connectivity index (χ0n) is 15.7. The van der Waals surface area contributed by atoms with Crippen molar-refractivity contribution >= 4 is 16.9 Å². The summed E-state index contributed by atoms with van der Waals surface area (Å²) in [6.07, 6.45) is 1.85. The summed E-state index contributed by atoms with van der Waals surface area (Å²) in [5.41, 5.74) is 0.851. The minimum Gasteiger partial charge on any atom is -0.493 e. The van der Waals surface area contributed by atoms with Gasteiger partial charge < -0.3 is 23.8 Å². The van der Waals surface area contributed by atoms with Crippen molar-refractivity contribution in [3.63, 3.8) is 0 Å². The third-order valence-electron chi connectivity index (χ3n) is 4.92. The molecule has 2 aliphatic rings. The van der Waals surface area contributed by atoms with Gasteiger partial charge in [-0.1, -0.05) is 0 Å². The molecule has 0 spiro atoms. The first-order valence-electron chi connectivity index (χ1n) is 9.44. The van der Waals surface area contributed by atoms with Gasteiger partial charge in [0.15, 0.2) is 11.5 Å². The average molecular weight is 374 g/mol. The first-order chi connectivity index (χ1) is 13.3. The Bertz CT molecular complexity index is 761. The number of hydrogen-bond acceptors (Lipinski definition) is 8. The lowest BCUT2D eigenvalue weighted by Gasteiger charge is -2.27. The summed E-state index contributed by atoms with van der Waals surface area (Å²) < 4.78 is 22.3. The van der Waals surface area contributed by atoms with Crippen LogP contribution in [-0.2, 0) is 9.47 Å². The first-order valence-corrected chi connectivity index (χ1v) is 9.44. The molecule has 0 saturated carbocycles. The number of benzene rings is 1. The number of ether oxygens (including phenoxy) is 4. The van der Waals surface area contributed by atoms with Crippen molar-refractivity contribution in [2.45, 2.75) is 0 Å². The van der Waals surface area contributed by atoms with Crippen LogP contribution in [-0.4, -0.2) is 87.7 Å². The normalized spacial score (nSPS) is 18.6. The van der Waals surface area contributed by atoms with Gasteiger partial charge in [-0.3, -0.25) is 4.90 Å². The summed E-state index contributed by atoms with van der Waals surface area (Å²) in [5, 5.41) is 0.939. The van der Waals surface area contributed by atoms with E-state index in [0.29, 0.717) is 25.6 Å². The Morgan fingerprint density at radius 3 is 2.48 bits per heavy atom. The Kier molecular flexibility index (Phi) is 5.86. The summed E-state index contributed by atoms with van der Waals surface area (Å²) in [5.74, 6) is 2.14. The molecule has 2 fully saturated rings. The van der Waals surface area contributed by atoms with Crippen LogP contribution in [0, 0.1) is 0 Å². The second kappa shape index (κ2) is 8.69. The smallest absolute Gasteiger partial charge is 0.226 e. The third-order valence-corrected chi connectivity index (χ3v) is 4.92. The molecule has 4 rings (SSSR count). The van der Waals surface area contributed by atoms with Gasteiger partial charge in [0.25, 0.3) is 0 Å². The van der Waals surface area contributed by atoms with Gasteiger partial charge in [-0.05, 0) is 6.07 Å². The molecule has 1 aromatic heterocycles. The second-order valence-corrected chi connectivity index (χ2v) is 6.63. The van der Waals surface area contributed by atoms with Crippen LogP contribution in [0.1, 0.15) is 0 Å². The zero-order chi connectivity index (χ0) is 18.5. The topological polar surface area (TPSA) is 69.2 Å². The molecular formula is C19H26N4O4. The van der Waals surface area contributed by atoms with Crippen LogP contribution in [0.3, 0.4) is 0 Å². The maximum absolute atomic E-state index is 6.00.